The molecule has 1 fully saturated rings. The van der Waals surface area contributed by atoms with Gasteiger partial charge in [0.25, 0.3) is 0 Å². The number of halogens is 2. The number of nitrogens with zero attached hydrogens (tertiary/aromatic N) is 3. The molecule has 2 aromatic heterocycles. The minimum atomic E-state index is 0.507. The predicted octanol–water partition coefficient (Wildman–Crippen LogP) is 4.97. The number of aromatic nitrogens is 3. The maximum absolute atomic E-state index is 5.97. The quantitative estimate of drug-likeness (QED) is 0.714. The molecule has 5 heteroatoms. The summed E-state index contributed by atoms with van der Waals surface area (Å²) in [7, 11) is 0. The Labute approximate surface area is 139 Å². The molecule has 0 N–H and O–H groups in total. The second-order valence-electron chi connectivity index (χ2n) is 6.25. The summed E-state index contributed by atoms with van der Waals surface area (Å²) in [6.07, 6.45) is 6.36. The normalized spacial score (nSPS) is 26.4. The van der Waals surface area contributed by atoms with Crippen molar-refractivity contribution in [1.82, 2.24) is 14.5 Å². The van der Waals surface area contributed by atoms with Crippen molar-refractivity contribution in [2.24, 2.45) is 11.8 Å². The lowest BCUT2D eigenvalue weighted by Crippen LogP contribution is -2.24. The van der Waals surface area contributed by atoms with Crippen molar-refractivity contribution in [1.29, 1.82) is 0 Å². The minimum absolute atomic E-state index is 0.507. The summed E-state index contributed by atoms with van der Waals surface area (Å²) in [5.41, 5.74) is 1.97. The molecule has 1 saturated carbocycles. The second kappa shape index (κ2) is 6.25. The Kier molecular flexibility index (Phi) is 4.55. The zero-order chi connectivity index (χ0) is 15.0. The van der Waals surface area contributed by atoms with Crippen molar-refractivity contribution in [3.63, 3.8) is 0 Å². The van der Waals surface area contributed by atoms with E-state index in [9.17, 15) is 0 Å². The van der Waals surface area contributed by atoms with Crippen molar-refractivity contribution < 1.29 is 0 Å². The summed E-state index contributed by atoms with van der Waals surface area (Å²) >= 11 is 9.46. The monoisotopic (exact) mass is 369 g/mol. The molecule has 21 heavy (non-hydrogen) atoms. The van der Waals surface area contributed by atoms with E-state index in [0.717, 1.165) is 39.7 Å². The van der Waals surface area contributed by atoms with Gasteiger partial charge in [-0.2, -0.15) is 0 Å². The first-order chi connectivity index (χ1) is 10.1. The van der Waals surface area contributed by atoms with Gasteiger partial charge >= 0.3 is 0 Å². The van der Waals surface area contributed by atoms with Crippen molar-refractivity contribution in [3.8, 4) is 0 Å². The molecule has 0 aliphatic heterocycles. The number of hydrogen-bond donors (Lipinski definition) is 0. The molecule has 2 heterocycles. The van der Waals surface area contributed by atoms with Crippen LogP contribution in [-0.4, -0.2) is 20.4 Å². The first kappa shape index (κ1) is 15.3. The number of rotatable bonds is 3. The smallest absolute Gasteiger partial charge is 0.160 e. The number of alkyl halides is 1. The number of pyridine rings is 1. The molecule has 3 nitrogen and oxygen atoms in total. The number of imidazole rings is 1. The third-order valence-corrected chi connectivity index (χ3v) is 5.45. The molecule has 0 radical (unpaired) electrons. The molecule has 3 rings (SSSR count). The Morgan fingerprint density at radius 2 is 2.14 bits per heavy atom. The Morgan fingerprint density at radius 3 is 2.86 bits per heavy atom. The number of fused-ring (bicyclic) bond motifs is 1. The van der Waals surface area contributed by atoms with Crippen molar-refractivity contribution in [3.05, 3.63) is 22.6 Å². The molecule has 0 amide bonds. The molecule has 114 valence electrons. The molecule has 0 aromatic carbocycles. The number of hydrogen-bond acceptors (Lipinski definition) is 2. The molecular weight excluding hydrogens is 350 g/mol. The lowest BCUT2D eigenvalue weighted by atomic mass is 9.79. The average Bonchev–Trinajstić information content (AvgIpc) is 2.79. The van der Waals surface area contributed by atoms with Gasteiger partial charge in [0.15, 0.2) is 5.65 Å². The summed E-state index contributed by atoms with van der Waals surface area (Å²) in [6, 6.07) is 2.55. The van der Waals surface area contributed by atoms with E-state index >= 15 is 0 Å². The SMILES string of the molecule is CC1CCC(n2c(CCCl)nc3cc(Br)cnc32)CC1C. The van der Waals surface area contributed by atoms with Crippen LogP contribution in [0.1, 0.15) is 45.0 Å². The standard InChI is InChI=1S/C16H21BrClN3/c1-10-3-4-13(7-11(10)2)21-15(5-6-18)20-14-8-12(17)9-19-16(14)21/h8-11,13H,3-7H2,1-2H3. The van der Waals surface area contributed by atoms with E-state index in [0.29, 0.717) is 11.9 Å². The fraction of sp³-hybridized carbons (Fsp3) is 0.625. The van der Waals surface area contributed by atoms with Crippen LogP contribution in [0.4, 0.5) is 0 Å². The molecular formula is C16H21BrClN3. The predicted molar refractivity (Wildman–Crippen MR) is 90.9 cm³/mol. The van der Waals surface area contributed by atoms with Gasteiger partial charge in [-0.15, -0.1) is 11.6 Å². The molecule has 0 saturated heterocycles. The first-order valence-corrected chi connectivity index (χ1v) is 9.01. The molecule has 3 atom stereocenters. The van der Waals surface area contributed by atoms with Crippen LogP contribution >= 0.6 is 27.5 Å². The maximum Gasteiger partial charge on any atom is 0.160 e. The fourth-order valence-corrected chi connectivity index (χ4v) is 3.89. The first-order valence-electron chi connectivity index (χ1n) is 7.68. The minimum Gasteiger partial charge on any atom is -0.310 e. The molecule has 1 aliphatic rings. The Hall–Kier alpha value is -0.610. The zero-order valence-corrected chi connectivity index (χ0v) is 14.9. The van der Waals surface area contributed by atoms with E-state index in [-0.39, 0.29) is 0 Å². The van der Waals surface area contributed by atoms with Gasteiger partial charge in [0.05, 0.1) is 0 Å². The van der Waals surface area contributed by atoms with E-state index in [1.54, 1.807) is 0 Å². The van der Waals surface area contributed by atoms with Crippen LogP contribution in [0.5, 0.6) is 0 Å². The van der Waals surface area contributed by atoms with Crippen molar-refractivity contribution >= 4 is 38.7 Å². The Balaban J connectivity index is 2.04. The highest BCUT2D eigenvalue weighted by Gasteiger charge is 2.28. The van der Waals surface area contributed by atoms with Crippen LogP contribution in [0.2, 0.25) is 0 Å². The van der Waals surface area contributed by atoms with Crippen LogP contribution in [0, 0.1) is 11.8 Å². The maximum atomic E-state index is 5.97. The number of aryl methyl sites for hydroxylation is 1. The van der Waals surface area contributed by atoms with Gasteiger partial charge in [-0.3, -0.25) is 0 Å². The van der Waals surface area contributed by atoms with E-state index < -0.39 is 0 Å². The van der Waals surface area contributed by atoms with Crippen molar-refractivity contribution in [2.75, 3.05) is 5.88 Å². The summed E-state index contributed by atoms with van der Waals surface area (Å²) in [5.74, 6) is 3.25. The van der Waals surface area contributed by atoms with Crippen LogP contribution in [-0.2, 0) is 6.42 Å². The van der Waals surface area contributed by atoms with Gasteiger partial charge in [-0.25, -0.2) is 9.97 Å². The molecule has 1 aliphatic carbocycles. The molecule has 0 spiro atoms. The van der Waals surface area contributed by atoms with E-state index in [1.807, 2.05) is 12.3 Å². The topological polar surface area (TPSA) is 30.7 Å². The van der Waals surface area contributed by atoms with Gasteiger partial charge in [-0.1, -0.05) is 13.8 Å². The van der Waals surface area contributed by atoms with Gasteiger partial charge in [0.1, 0.15) is 11.3 Å². The van der Waals surface area contributed by atoms with Gasteiger partial charge in [0, 0.05) is 29.0 Å². The second-order valence-corrected chi connectivity index (χ2v) is 7.55. The summed E-state index contributed by atoms with van der Waals surface area (Å²) < 4.78 is 3.33. The highest BCUT2D eigenvalue weighted by Crippen LogP contribution is 2.38. The van der Waals surface area contributed by atoms with Gasteiger partial charge in [0.2, 0.25) is 0 Å². The largest absolute Gasteiger partial charge is 0.310 e. The van der Waals surface area contributed by atoms with Crippen LogP contribution < -0.4 is 0 Å². The van der Waals surface area contributed by atoms with Crippen LogP contribution in [0.3, 0.4) is 0 Å². The fourth-order valence-electron chi connectivity index (χ4n) is 3.40. The lowest BCUT2D eigenvalue weighted by Gasteiger charge is -2.33. The van der Waals surface area contributed by atoms with Crippen LogP contribution in [0.25, 0.3) is 11.2 Å². The third-order valence-electron chi connectivity index (χ3n) is 4.82. The van der Waals surface area contributed by atoms with E-state index in [4.69, 9.17) is 16.6 Å². The Morgan fingerprint density at radius 1 is 1.33 bits per heavy atom. The average molecular weight is 371 g/mol. The molecule has 3 unspecified atom stereocenters. The zero-order valence-electron chi connectivity index (χ0n) is 12.5. The molecule has 0 bridgehead atoms. The summed E-state index contributed by atoms with van der Waals surface area (Å²) in [4.78, 5) is 9.38. The summed E-state index contributed by atoms with van der Waals surface area (Å²) in [6.45, 7) is 4.73. The van der Waals surface area contributed by atoms with E-state index in [2.05, 4.69) is 39.3 Å². The lowest BCUT2D eigenvalue weighted by molar-refractivity contribution is 0.210. The van der Waals surface area contributed by atoms with Gasteiger partial charge in [-0.05, 0) is 53.1 Å². The van der Waals surface area contributed by atoms with E-state index in [1.165, 1.54) is 19.3 Å². The highest BCUT2D eigenvalue weighted by molar-refractivity contribution is 9.10. The third kappa shape index (κ3) is 2.98. The molecule has 2 aromatic rings. The van der Waals surface area contributed by atoms with Crippen LogP contribution in [0.15, 0.2) is 16.7 Å². The highest BCUT2D eigenvalue weighted by atomic mass is 79.9. The summed E-state index contributed by atoms with van der Waals surface area (Å²) in [5, 5.41) is 0. The van der Waals surface area contributed by atoms with Gasteiger partial charge < -0.3 is 4.57 Å². The van der Waals surface area contributed by atoms with Crippen molar-refractivity contribution in [2.45, 2.75) is 45.6 Å². The Bertz CT molecular complexity index is 640.